The predicted molar refractivity (Wildman–Crippen MR) is 113 cm³/mol. The van der Waals surface area contributed by atoms with Crippen LogP contribution in [-0.4, -0.2) is 9.97 Å². The van der Waals surface area contributed by atoms with E-state index in [2.05, 4.69) is 15.3 Å². The van der Waals surface area contributed by atoms with Gasteiger partial charge in [-0.1, -0.05) is 41.4 Å². The van der Waals surface area contributed by atoms with E-state index in [9.17, 15) is 4.79 Å². The first-order chi connectivity index (χ1) is 13.6. The maximum Gasteiger partial charge on any atom is 0.323 e. The van der Waals surface area contributed by atoms with E-state index >= 15 is 0 Å². The summed E-state index contributed by atoms with van der Waals surface area (Å²) in [6, 6.07) is 18.9. The maximum absolute atomic E-state index is 11.4. The fourth-order valence-corrected chi connectivity index (χ4v) is 3.42. The van der Waals surface area contributed by atoms with Crippen molar-refractivity contribution in [2.24, 2.45) is 0 Å². The molecule has 5 nitrogen and oxygen atoms in total. The van der Waals surface area contributed by atoms with E-state index in [1.165, 1.54) is 0 Å². The van der Waals surface area contributed by atoms with Crippen molar-refractivity contribution in [3.8, 4) is 5.75 Å². The molecule has 3 aromatic carbocycles. The van der Waals surface area contributed by atoms with Gasteiger partial charge in [-0.3, -0.25) is 0 Å². The number of hydrogen-bond donors (Lipinski definition) is 3. The summed E-state index contributed by atoms with van der Waals surface area (Å²) in [4.78, 5) is 16.8. The van der Waals surface area contributed by atoms with Gasteiger partial charge in [0.15, 0.2) is 0 Å². The molecule has 0 bridgehead atoms. The van der Waals surface area contributed by atoms with Crippen molar-refractivity contribution in [3.63, 3.8) is 0 Å². The molecule has 0 unspecified atom stereocenters. The molecule has 28 heavy (non-hydrogen) atoms. The van der Waals surface area contributed by atoms with E-state index in [-0.39, 0.29) is 5.69 Å². The van der Waals surface area contributed by atoms with Crippen molar-refractivity contribution >= 4 is 39.9 Å². The van der Waals surface area contributed by atoms with Crippen LogP contribution in [0.15, 0.2) is 65.5 Å². The number of aromatic amines is 2. The summed E-state index contributed by atoms with van der Waals surface area (Å²) >= 11 is 12.4. The number of nitrogens with one attached hydrogen (secondary N) is 3. The molecule has 0 spiro atoms. The quantitative estimate of drug-likeness (QED) is 0.398. The van der Waals surface area contributed by atoms with Gasteiger partial charge >= 0.3 is 5.69 Å². The number of hydrogen-bond acceptors (Lipinski definition) is 3. The zero-order valence-electron chi connectivity index (χ0n) is 14.8. The van der Waals surface area contributed by atoms with Crippen LogP contribution >= 0.6 is 23.2 Å². The molecule has 3 N–H and O–H groups in total. The highest BCUT2D eigenvalue weighted by atomic mass is 35.5. The molecular weight excluding hydrogens is 397 g/mol. The van der Waals surface area contributed by atoms with Gasteiger partial charge < -0.3 is 20.0 Å². The number of fused-ring (bicyclic) bond motifs is 1. The van der Waals surface area contributed by atoms with Crippen molar-refractivity contribution in [2.75, 3.05) is 5.32 Å². The monoisotopic (exact) mass is 413 g/mol. The highest BCUT2D eigenvalue weighted by Gasteiger charge is 2.07. The van der Waals surface area contributed by atoms with Crippen molar-refractivity contribution in [1.29, 1.82) is 0 Å². The molecule has 0 atom stereocenters. The summed E-state index contributed by atoms with van der Waals surface area (Å²) < 4.78 is 5.87. The fourth-order valence-electron chi connectivity index (χ4n) is 2.92. The Kier molecular flexibility index (Phi) is 5.28. The van der Waals surface area contributed by atoms with Gasteiger partial charge in [0.2, 0.25) is 0 Å². The molecule has 0 saturated heterocycles. The zero-order valence-corrected chi connectivity index (χ0v) is 16.3. The number of aromatic nitrogens is 2. The minimum Gasteiger partial charge on any atom is -0.489 e. The summed E-state index contributed by atoms with van der Waals surface area (Å²) in [5.41, 5.74) is 4.08. The topological polar surface area (TPSA) is 69.9 Å². The largest absolute Gasteiger partial charge is 0.489 e. The van der Waals surface area contributed by atoms with Crippen molar-refractivity contribution in [2.45, 2.75) is 13.2 Å². The van der Waals surface area contributed by atoms with E-state index in [0.717, 1.165) is 33.6 Å². The molecule has 0 amide bonds. The van der Waals surface area contributed by atoms with E-state index < -0.39 is 0 Å². The molecule has 4 aromatic rings. The molecule has 1 aromatic heterocycles. The molecule has 0 fully saturated rings. The van der Waals surface area contributed by atoms with Crippen LogP contribution in [0.1, 0.15) is 11.1 Å². The lowest BCUT2D eigenvalue weighted by Gasteiger charge is -2.11. The molecule has 0 aliphatic carbocycles. The van der Waals surface area contributed by atoms with Gasteiger partial charge in [0.1, 0.15) is 12.4 Å². The number of benzene rings is 3. The standard InChI is InChI=1S/C21H17Cl2N3O2/c22-17-5-2-6-18(23)16(17)12-28-15-4-1-3-13(9-15)11-24-14-7-8-19-20(10-14)26-21(27)25-19/h1-10,24H,11-12H2,(H2,25,26,27). The second-order valence-corrected chi connectivity index (χ2v) is 7.14. The molecule has 142 valence electrons. The normalized spacial score (nSPS) is 10.9. The highest BCUT2D eigenvalue weighted by molar-refractivity contribution is 6.35. The number of rotatable bonds is 6. The third-order valence-corrected chi connectivity index (χ3v) is 5.06. The average molecular weight is 414 g/mol. The van der Waals surface area contributed by atoms with Crippen LogP contribution < -0.4 is 15.7 Å². The fraction of sp³-hybridized carbons (Fsp3) is 0.0952. The Morgan fingerprint density at radius 3 is 2.46 bits per heavy atom. The van der Waals surface area contributed by atoms with Crippen molar-refractivity contribution in [3.05, 3.63) is 92.3 Å². The summed E-state index contributed by atoms with van der Waals surface area (Å²) in [5.74, 6) is 0.737. The van der Waals surface area contributed by atoms with Crippen LogP contribution in [0.4, 0.5) is 5.69 Å². The average Bonchev–Trinajstić information content (AvgIpc) is 3.05. The minimum atomic E-state index is -0.212. The second-order valence-electron chi connectivity index (χ2n) is 6.33. The van der Waals surface area contributed by atoms with Crippen LogP contribution in [0.2, 0.25) is 10.0 Å². The van der Waals surface area contributed by atoms with E-state index in [4.69, 9.17) is 27.9 Å². The van der Waals surface area contributed by atoms with Gasteiger partial charge in [-0.15, -0.1) is 0 Å². The molecular formula is C21H17Cl2N3O2. The van der Waals surface area contributed by atoms with Crippen LogP contribution in [0.25, 0.3) is 11.0 Å². The SMILES string of the molecule is O=c1[nH]c2ccc(NCc3cccc(OCc4c(Cl)cccc4Cl)c3)cc2[nH]1. The van der Waals surface area contributed by atoms with E-state index in [0.29, 0.717) is 23.2 Å². The van der Waals surface area contributed by atoms with Crippen LogP contribution in [0.5, 0.6) is 5.75 Å². The number of H-pyrrole nitrogens is 2. The van der Waals surface area contributed by atoms with Crippen molar-refractivity contribution in [1.82, 2.24) is 9.97 Å². The van der Waals surface area contributed by atoms with Gasteiger partial charge in [0, 0.05) is 27.8 Å². The Hall–Kier alpha value is -2.89. The number of imidazole rings is 1. The summed E-state index contributed by atoms with van der Waals surface area (Å²) in [7, 11) is 0. The first-order valence-corrected chi connectivity index (χ1v) is 9.44. The first-order valence-electron chi connectivity index (χ1n) is 8.69. The van der Waals surface area contributed by atoms with Gasteiger partial charge in [-0.25, -0.2) is 4.79 Å². The van der Waals surface area contributed by atoms with E-state index in [1.807, 2.05) is 42.5 Å². The molecule has 7 heteroatoms. The highest BCUT2D eigenvalue weighted by Crippen LogP contribution is 2.26. The summed E-state index contributed by atoms with van der Waals surface area (Å²) in [5, 5.41) is 4.52. The smallest absolute Gasteiger partial charge is 0.323 e. The third-order valence-electron chi connectivity index (χ3n) is 4.36. The van der Waals surface area contributed by atoms with Crippen LogP contribution in [0, 0.1) is 0 Å². The summed E-state index contributed by atoms with van der Waals surface area (Å²) in [6.45, 7) is 0.914. The van der Waals surface area contributed by atoms with Gasteiger partial charge in [0.05, 0.1) is 11.0 Å². The Bertz CT molecular complexity index is 1160. The first kappa shape index (κ1) is 18.5. The third kappa shape index (κ3) is 4.16. The minimum absolute atomic E-state index is 0.212. The lowest BCUT2D eigenvalue weighted by molar-refractivity contribution is 0.306. The Labute approximate surface area is 171 Å². The molecule has 4 rings (SSSR count). The van der Waals surface area contributed by atoms with Crippen LogP contribution in [0.3, 0.4) is 0 Å². The molecule has 0 radical (unpaired) electrons. The molecule has 0 aliphatic rings. The predicted octanol–water partition coefficient (Wildman–Crippen LogP) is 5.35. The number of anilines is 1. The molecule has 1 heterocycles. The van der Waals surface area contributed by atoms with Crippen LogP contribution in [-0.2, 0) is 13.2 Å². The molecule has 0 aliphatic heterocycles. The van der Waals surface area contributed by atoms with Gasteiger partial charge in [-0.05, 0) is 48.0 Å². The van der Waals surface area contributed by atoms with Crippen molar-refractivity contribution < 1.29 is 4.74 Å². The second kappa shape index (κ2) is 8.00. The Morgan fingerprint density at radius 2 is 1.64 bits per heavy atom. The lowest BCUT2D eigenvalue weighted by atomic mass is 10.2. The Balaban J connectivity index is 1.42. The number of ether oxygens (including phenoxy) is 1. The van der Waals surface area contributed by atoms with Gasteiger partial charge in [0.25, 0.3) is 0 Å². The zero-order chi connectivity index (χ0) is 19.5. The Morgan fingerprint density at radius 1 is 0.893 bits per heavy atom. The van der Waals surface area contributed by atoms with Gasteiger partial charge in [-0.2, -0.15) is 0 Å². The maximum atomic E-state index is 11.4. The molecule has 0 saturated carbocycles. The number of halogens is 2. The lowest BCUT2D eigenvalue weighted by Crippen LogP contribution is -2.01. The summed E-state index contributed by atoms with van der Waals surface area (Å²) in [6.07, 6.45) is 0. The van der Waals surface area contributed by atoms with E-state index in [1.54, 1.807) is 18.2 Å².